The normalized spacial score (nSPS) is 12.4. The molecule has 0 saturated carbocycles. The van der Waals surface area contributed by atoms with Crippen LogP contribution in [0.15, 0.2) is 36.5 Å². The van der Waals surface area contributed by atoms with Crippen molar-refractivity contribution in [2.24, 2.45) is 0 Å². The lowest BCUT2D eigenvalue weighted by Gasteiger charge is -2.11. The average Bonchev–Trinajstić information content (AvgIpc) is 2.34. The van der Waals surface area contributed by atoms with Crippen LogP contribution in [0.1, 0.15) is 28.5 Å². The first-order valence-corrected chi connectivity index (χ1v) is 5.92. The molecule has 18 heavy (non-hydrogen) atoms. The van der Waals surface area contributed by atoms with Gasteiger partial charge in [-0.2, -0.15) is 0 Å². The Hall–Kier alpha value is -1.74. The second-order valence-electron chi connectivity index (χ2n) is 4.54. The van der Waals surface area contributed by atoms with Gasteiger partial charge in [-0.25, -0.2) is 4.39 Å². The number of aromatic nitrogens is 1. The number of pyridine rings is 1. The van der Waals surface area contributed by atoms with Crippen LogP contribution < -0.4 is 0 Å². The predicted octanol–water partition coefficient (Wildman–Crippen LogP) is 3.11. The number of nitrogens with zero attached hydrogens (tertiary/aromatic N) is 1. The van der Waals surface area contributed by atoms with E-state index in [-0.39, 0.29) is 0 Å². The molecule has 1 atom stereocenters. The first-order chi connectivity index (χ1) is 8.56. The van der Waals surface area contributed by atoms with Gasteiger partial charge in [-0.3, -0.25) is 4.98 Å². The molecule has 0 spiro atoms. The van der Waals surface area contributed by atoms with Gasteiger partial charge in [0.15, 0.2) is 0 Å². The molecule has 0 aliphatic carbocycles. The fourth-order valence-electron chi connectivity index (χ4n) is 1.84. The Bertz CT molecular complexity index is 537. The Morgan fingerprint density at radius 1 is 1.17 bits per heavy atom. The third kappa shape index (κ3) is 2.93. The number of hydrogen-bond donors (Lipinski definition) is 1. The van der Waals surface area contributed by atoms with Crippen molar-refractivity contribution in [3.05, 3.63) is 64.7 Å². The maximum absolute atomic E-state index is 12.7. The lowest BCUT2D eigenvalue weighted by atomic mass is 10.0. The first-order valence-electron chi connectivity index (χ1n) is 5.92. The molecule has 0 saturated heterocycles. The van der Waals surface area contributed by atoms with Crippen molar-refractivity contribution in [2.45, 2.75) is 26.4 Å². The highest BCUT2D eigenvalue weighted by Gasteiger charge is 2.10. The fourth-order valence-corrected chi connectivity index (χ4v) is 1.84. The molecule has 3 heteroatoms. The van der Waals surface area contributed by atoms with Crippen molar-refractivity contribution in [1.82, 2.24) is 4.98 Å². The van der Waals surface area contributed by atoms with E-state index in [0.717, 1.165) is 11.8 Å². The van der Waals surface area contributed by atoms with E-state index in [1.165, 1.54) is 23.3 Å². The molecule has 2 aromatic rings. The molecule has 1 aromatic heterocycles. The van der Waals surface area contributed by atoms with Crippen LogP contribution in [0.3, 0.4) is 0 Å². The highest BCUT2D eigenvalue weighted by Crippen LogP contribution is 2.18. The van der Waals surface area contributed by atoms with Crippen molar-refractivity contribution in [1.29, 1.82) is 0 Å². The van der Waals surface area contributed by atoms with E-state index in [4.69, 9.17) is 0 Å². The van der Waals surface area contributed by atoms with Gasteiger partial charge in [0, 0.05) is 6.42 Å². The van der Waals surface area contributed by atoms with E-state index >= 15 is 0 Å². The zero-order valence-electron chi connectivity index (χ0n) is 10.5. The van der Waals surface area contributed by atoms with Crippen molar-refractivity contribution in [2.75, 3.05) is 0 Å². The van der Waals surface area contributed by atoms with Gasteiger partial charge in [-0.1, -0.05) is 18.2 Å². The van der Waals surface area contributed by atoms with Gasteiger partial charge in [0.05, 0.1) is 18.0 Å². The molecule has 1 N–H and O–H groups in total. The van der Waals surface area contributed by atoms with Crippen LogP contribution in [0, 0.1) is 19.7 Å². The van der Waals surface area contributed by atoms with E-state index in [1.54, 1.807) is 0 Å². The minimum Gasteiger partial charge on any atom is -0.386 e. The van der Waals surface area contributed by atoms with Crippen LogP contribution in [0.5, 0.6) is 0 Å². The van der Waals surface area contributed by atoms with Gasteiger partial charge in [0.25, 0.3) is 0 Å². The van der Waals surface area contributed by atoms with Crippen molar-refractivity contribution in [3.8, 4) is 0 Å². The van der Waals surface area contributed by atoms with Crippen molar-refractivity contribution < 1.29 is 9.50 Å². The summed E-state index contributed by atoms with van der Waals surface area (Å²) in [6.45, 7) is 4.10. The van der Waals surface area contributed by atoms with Crippen molar-refractivity contribution in [3.63, 3.8) is 0 Å². The van der Waals surface area contributed by atoms with E-state index in [9.17, 15) is 9.50 Å². The Morgan fingerprint density at radius 3 is 2.56 bits per heavy atom. The van der Waals surface area contributed by atoms with Gasteiger partial charge in [0.2, 0.25) is 0 Å². The summed E-state index contributed by atoms with van der Waals surface area (Å²) < 4.78 is 12.7. The Kier molecular flexibility index (Phi) is 3.72. The molecule has 2 rings (SSSR count). The minimum atomic E-state index is -0.701. The summed E-state index contributed by atoms with van der Waals surface area (Å²) in [6, 6.07) is 8.92. The summed E-state index contributed by atoms with van der Waals surface area (Å²) in [7, 11) is 0. The summed E-state index contributed by atoms with van der Waals surface area (Å²) >= 11 is 0. The molecule has 0 radical (unpaired) electrons. The standard InChI is InChI=1S/C15H16FNO/c1-10-3-4-12(7-11(10)2)8-15(18)14-6-5-13(16)9-17-14/h3-7,9,15,18H,8H2,1-2H3. The average molecular weight is 245 g/mol. The molecule has 0 aliphatic rings. The summed E-state index contributed by atoms with van der Waals surface area (Å²) in [6.07, 6.45) is 0.909. The van der Waals surface area contributed by atoms with E-state index < -0.39 is 11.9 Å². The zero-order valence-corrected chi connectivity index (χ0v) is 10.5. The molecule has 1 aromatic carbocycles. The third-order valence-electron chi connectivity index (χ3n) is 3.09. The second kappa shape index (κ2) is 5.27. The molecular weight excluding hydrogens is 229 g/mol. The monoisotopic (exact) mass is 245 g/mol. The Morgan fingerprint density at radius 2 is 1.94 bits per heavy atom. The van der Waals surface area contributed by atoms with Gasteiger partial charge in [-0.05, 0) is 42.7 Å². The quantitative estimate of drug-likeness (QED) is 0.901. The second-order valence-corrected chi connectivity index (χ2v) is 4.54. The lowest BCUT2D eigenvalue weighted by molar-refractivity contribution is 0.173. The fraction of sp³-hybridized carbons (Fsp3) is 0.267. The van der Waals surface area contributed by atoms with E-state index in [0.29, 0.717) is 12.1 Å². The Labute approximate surface area is 106 Å². The molecule has 0 aliphatic heterocycles. The summed E-state index contributed by atoms with van der Waals surface area (Å²) in [5.41, 5.74) is 3.98. The number of aryl methyl sites for hydroxylation is 2. The molecule has 0 amide bonds. The van der Waals surface area contributed by atoms with Gasteiger partial charge in [-0.15, -0.1) is 0 Å². The summed E-state index contributed by atoms with van der Waals surface area (Å²) in [5.74, 6) is -0.392. The lowest BCUT2D eigenvalue weighted by Crippen LogP contribution is -2.04. The minimum absolute atomic E-state index is 0.392. The summed E-state index contributed by atoms with van der Waals surface area (Å²) in [5, 5.41) is 10.0. The van der Waals surface area contributed by atoms with Crippen molar-refractivity contribution >= 4 is 0 Å². The molecule has 0 fully saturated rings. The number of aliphatic hydroxyl groups is 1. The largest absolute Gasteiger partial charge is 0.386 e. The molecule has 1 heterocycles. The van der Waals surface area contributed by atoms with Gasteiger partial charge >= 0.3 is 0 Å². The van der Waals surface area contributed by atoms with E-state index in [2.05, 4.69) is 18.0 Å². The van der Waals surface area contributed by atoms with Crippen LogP contribution in [-0.4, -0.2) is 10.1 Å². The first kappa shape index (κ1) is 12.7. The van der Waals surface area contributed by atoms with Gasteiger partial charge in [0.1, 0.15) is 5.82 Å². The zero-order chi connectivity index (χ0) is 13.1. The number of halogens is 1. The van der Waals surface area contributed by atoms with Gasteiger partial charge < -0.3 is 5.11 Å². The smallest absolute Gasteiger partial charge is 0.141 e. The van der Waals surface area contributed by atoms with E-state index in [1.807, 2.05) is 19.1 Å². The molecule has 0 bridgehead atoms. The number of hydrogen-bond acceptors (Lipinski definition) is 2. The van der Waals surface area contributed by atoms with Crippen LogP contribution >= 0.6 is 0 Å². The van der Waals surface area contributed by atoms with Crippen LogP contribution in [0.25, 0.3) is 0 Å². The highest BCUT2D eigenvalue weighted by molar-refractivity contribution is 5.30. The molecule has 94 valence electrons. The number of benzene rings is 1. The maximum atomic E-state index is 12.7. The number of aliphatic hydroxyl groups excluding tert-OH is 1. The molecule has 1 unspecified atom stereocenters. The topological polar surface area (TPSA) is 33.1 Å². The summed E-state index contributed by atoms with van der Waals surface area (Å²) in [4.78, 5) is 3.89. The predicted molar refractivity (Wildman–Crippen MR) is 68.8 cm³/mol. The van der Waals surface area contributed by atoms with Crippen LogP contribution in [-0.2, 0) is 6.42 Å². The SMILES string of the molecule is Cc1ccc(CC(O)c2ccc(F)cn2)cc1C. The van der Waals surface area contributed by atoms with Crippen LogP contribution in [0.2, 0.25) is 0 Å². The number of rotatable bonds is 3. The molecular formula is C15H16FNO. The maximum Gasteiger partial charge on any atom is 0.141 e. The molecule has 2 nitrogen and oxygen atoms in total. The van der Waals surface area contributed by atoms with Crippen LogP contribution in [0.4, 0.5) is 4.39 Å². The highest BCUT2D eigenvalue weighted by atomic mass is 19.1. The Balaban J connectivity index is 2.13. The third-order valence-corrected chi connectivity index (χ3v) is 3.09.